The van der Waals surface area contributed by atoms with E-state index in [1.54, 1.807) is 0 Å². The van der Waals surface area contributed by atoms with Crippen LogP contribution in [-0.2, 0) is 6.42 Å². The van der Waals surface area contributed by atoms with Crippen LogP contribution in [0.15, 0.2) is 54.6 Å². The molecule has 0 aliphatic rings. The summed E-state index contributed by atoms with van der Waals surface area (Å²) in [4.78, 5) is 12.0. The average molecular weight is 254 g/mol. The Balaban J connectivity index is 1.95. The summed E-state index contributed by atoms with van der Waals surface area (Å²) in [7, 11) is 0. The molecule has 0 fully saturated rings. The summed E-state index contributed by atoms with van der Waals surface area (Å²) in [6, 6.07) is 17.4. The molecule has 98 valence electrons. The predicted molar refractivity (Wildman–Crippen MR) is 76.7 cm³/mol. The van der Waals surface area contributed by atoms with E-state index in [1.165, 1.54) is 0 Å². The van der Waals surface area contributed by atoms with Gasteiger partial charge in [0.05, 0.1) is 6.61 Å². The molecule has 0 bridgehead atoms. The van der Waals surface area contributed by atoms with Crippen LogP contribution in [0.1, 0.15) is 29.3 Å². The lowest BCUT2D eigenvalue weighted by atomic mass is 10.0. The molecule has 0 N–H and O–H groups in total. The molecule has 0 amide bonds. The van der Waals surface area contributed by atoms with Crippen molar-refractivity contribution in [2.75, 3.05) is 6.61 Å². The van der Waals surface area contributed by atoms with Crippen molar-refractivity contribution in [3.05, 3.63) is 65.7 Å². The number of ketones is 1. The van der Waals surface area contributed by atoms with Gasteiger partial charge in [0.15, 0.2) is 5.78 Å². The van der Waals surface area contributed by atoms with E-state index in [4.69, 9.17) is 4.74 Å². The van der Waals surface area contributed by atoms with Gasteiger partial charge < -0.3 is 4.74 Å². The van der Waals surface area contributed by atoms with Gasteiger partial charge in [-0.05, 0) is 31.0 Å². The van der Waals surface area contributed by atoms with E-state index in [-0.39, 0.29) is 5.78 Å². The van der Waals surface area contributed by atoms with Gasteiger partial charge in [-0.15, -0.1) is 0 Å². The topological polar surface area (TPSA) is 26.3 Å². The van der Waals surface area contributed by atoms with Crippen molar-refractivity contribution >= 4 is 5.78 Å². The minimum atomic E-state index is 0.183. The Bertz CT molecular complexity index is 532. The molecule has 0 saturated carbocycles. The third kappa shape index (κ3) is 3.95. The number of rotatable bonds is 6. The molecule has 0 aliphatic carbocycles. The highest BCUT2D eigenvalue weighted by atomic mass is 16.5. The van der Waals surface area contributed by atoms with Crippen molar-refractivity contribution in [3.63, 3.8) is 0 Å². The molecule has 0 atom stereocenters. The van der Waals surface area contributed by atoms with Gasteiger partial charge in [-0.25, -0.2) is 0 Å². The summed E-state index contributed by atoms with van der Waals surface area (Å²) in [5, 5.41) is 0. The van der Waals surface area contributed by atoms with Crippen molar-refractivity contribution in [1.82, 2.24) is 0 Å². The number of carbonyl (C=O) groups is 1. The number of hydrogen-bond acceptors (Lipinski definition) is 2. The maximum atomic E-state index is 12.0. The van der Waals surface area contributed by atoms with E-state index >= 15 is 0 Å². The number of hydrogen-bond donors (Lipinski definition) is 0. The molecule has 0 spiro atoms. The van der Waals surface area contributed by atoms with E-state index < -0.39 is 0 Å². The van der Waals surface area contributed by atoms with E-state index in [2.05, 4.69) is 0 Å². The van der Waals surface area contributed by atoms with Crippen LogP contribution in [0.3, 0.4) is 0 Å². The van der Waals surface area contributed by atoms with E-state index in [0.717, 1.165) is 23.3 Å². The van der Waals surface area contributed by atoms with Gasteiger partial charge >= 0.3 is 0 Å². The van der Waals surface area contributed by atoms with Crippen molar-refractivity contribution in [2.45, 2.75) is 19.8 Å². The normalized spacial score (nSPS) is 10.2. The largest absolute Gasteiger partial charge is 0.494 e. The molecule has 2 aromatic rings. The lowest BCUT2D eigenvalue weighted by Gasteiger charge is -2.06. The first-order valence-electron chi connectivity index (χ1n) is 6.59. The SMILES string of the molecule is CCOc1cccc(CCC(=O)c2ccccc2)c1. The van der Waals surface area contributed by atoms with Gasteiger partial charge in [0.25, 0.3) is 0 Å². The van der Waals surface area contributed by atoms with E-state index in [9.17, 15) is 4.79 Å². The van der Waals surface area contributed by atoms with Gasteiger partial charge in [-0.3, -0.25) is 4.79 Å². The minimum Gasteiger partial charge on any atom is -0.494 e. The van der Waals surface area contributed by atoms with Crippen LogP contribution in [0.25, 0.3) is 0 Å². The zero-order valence-corrected chi connectivity index (χ0v) is 11.1. The second-order valence-electron chi connectivity index (χ2n) is 4.37. The molecule has 2 nitrogen and oxygen atoms in total. The predicted octanol–water partition coefficient (Wildman–Crippen LogP) is 3.90. The Kier molecular flexibility index (Phi) is 4.73. The fourth-order valence-electron chi connectivity index (χ4n) is 1.98. The van der Waals surface area contributed by atoms with Crippen molar-refractivity contribution in [1.29, 1.82) is 0 Å². The highest BCUT2D eigenvalue weighted by Gasteiger charge is 2.05. The molecule has 0 unspecified atom stereocenters. The Morgan fingerprint density at radius 3 is 2.58 bits per heavy atom. The Hall–Kier alpha value is -2.09. The molecular formula is C17H18O2. The summed E-state index contributed by atoms with van der Waals surface area (Å²) in [5.74, 6) is 1.05. The molecule has 0 radical (unpaired) electrons. The first-order valence-corrected chi connectivity index (χ1v) is 6.59. The van der Waals surface area contributed by atoms with Crippen molar-refractivity contribution in [3.8, 4) is 5.75 Å². The Labute approximate surface area is 114 Å². The molecule has 19 heavy (non-hydrogen) atoms. The molecule has 0 aliphatic heterocycles. The number of ether oxygens (including phenoxy) is 1. The number of benzene rings is 2. The summed E-state index contributed by atoms with van der Waals surface area (Å²) in [6.07, 6.45) is 1.27. The van der Waals surface area contributed by atoms with Crippen LogP contribution in [-0.4, -0.2) is 12.4 Å². The Morgan fingerprint density at radius 2 is 1.84 bits per heavy atom. The maximum absolute atomic E-state index is 12.0. The third-order valence-electron chi connectivity index (χ3n) is 2.95. The van der Waals surface area contributed by atoms with Crippen LogP contribution in [0, 0.1) is 0 Å². The summed E-state index contributed by atoms with van der Waals surface area (Å²) in [6.45, 7) is 2.62. The molecule has 2 rings (SSSR count). The third-order valence-corrected chi connectivity index (χ3v) is 2.95. The molecule has 2 heteroatoms. The van der Waals surface area contributed by atoms with Crippen molar-refractivity contribution < 1.29 is 9.53 Å². The van der Waals surface area contributed by atoms with Crippen molar-refractivity contribution in [2.24, 2.45) is 0 Å². The summed E-state index contributed by atoms with van der Waals surface area (Å²) in [5.41, 5.74) is 1.92. The van der Waals surface area contributed by atoms with Gasteiger partial charge in [0.1, 0.15) is 5.75 Å². The molecular weight excluding hydrogens is 236 g/mol. The smallest absolute Gasteiger partial charge is 0.163 e. The van der Waals surface area contributed by atoms with Crippen LogP contribution in [0.5, 0.6) is 5.75 Å². The number of carbonyl (C=O) groups excluding carboxylic acids is 1. The standard InChI is InChI=1S/C17H18O2/c1-2-19-16-10-6-7-14(13-16)11-12-17(18)15-8-4-3-5-9-15/h3-10,13H,2,11-12H2,1H3. The molecule has 0 saturated heterocycles. The van der Waals surface area contributed by atoms with E-state index in [0.29, 0.717) is 13.0 Å². The van der Waals surface area contributed by atoms with Crippen LogP contribution in [0.2, 0.25) is 0 Å². The summed E-state index contributed by atoms with van der Waals surface area (Å²) < 4.78 is 5.45. The number of aryl methyl sites for hydroxylation is 1. The quantitative estimate of drug-likeness (QED) is 0.731. The second kappa shape index (κ2) is 6.74. The lowest BCUT2D eigenvalue weighted by molar-refractivity contribution is 0.0983. The lowest BCUT2D eigenvalue weighted by Crippen LogP contribution is -2.01. The molecule has 2 aromatic carbocycles. The summed E-state index contributed by atoms with van der Waals surface area (Å²) >= 11 is 0. The minimum absolute atomic E-state index is 0.183. The van der Waals surface area contributed by atoms with Crippen LogP contribution < -0.4 is 4.74 Å². The van der Waals surface area contributed by atoms with E-state index in [1.807, 2.05) is 61.5 Å². The monoisotopic (exact) mass is 254 g/mol. The highest BCUT2D eigenvalue weighted by molar-refractivity contribution is 5.96. The first kappa shape index (κ1) is 13.3. The fraction of sp³-hybridized carbons (Fsp3) is 0.235. The second-order valence-corrected chi connectivity index (χ2v) is 4.37. The highest BCUT2D eigenvalue weighted by Crippen LogP contribution is 2.15. The fourth-order valence-corrected chi connectivity index (χ4v) is 1.98. The molecule has 0 aromatic heterocycles. The van der Waals surface area contributed by atoms with Crippen LogP contribution in [0.4, 0.5) is 0 Å². The van der Waals surface area contributed by atoms with Crippen LogP contribution >= 0.6 is 0 Å². The maximum Gasteiger partial charge on any atom is 0.163 e. The van der Waals surface area contributed by atoms with Gasteiger partial charge in [0.2, 0.25) is 0 Å². The average Bonchev–Trinajstić information content (AvgIpc) is 2.46. The number of Topliss-reactive ketones (excluding diaryl/α,β-unsaturated/α-hetero) is 1. The first-order chi connectivity index (χ1) is 9.29. The Morgan fingerprint density at radius 1 is 1.05 bits per heavy atom. The zero-order chi connectivity index (χ0) is 13.5. The van der Waals surface area contributed by atoms with Gasteiger partial charge in [-0.1, -0.05) is 42.5 Å². The van der Waals surface area contributed by atoms with Gasteiger partial charge in [-0.2, -0.15) is 0 Å². The zero-order valence-electron chi connectivity index (χ0n) is 11.1. The molecule has 0 heterocycles. The van der Waals surface area contributed by atoms with Gasteiger partial charge in [0, 0.05) is 12.0 Å².